The van der Waals surface area contributed by atoms with Gasteiger partial charge in [0.2, 0.25) is 5.78 Å². The lowest BCUT2D eigenvalue weighted by Gasteiger charge is -2.35. The first kappa shape index (κ1) is 12.1. The number of ether oxygens (including phenoxy) is 1. The average molecular weight is 259 g/mol. The lowest BCUT2D eigenvalue weighted by molar-refractivity contribution is -0.0881. The molecule has 98 valence electrons. The van der Waals surface area contributed by atoms with E-state index in [4.69, 9.17) is 4.74 Å². The van der Waals surface area contributed by atoms with Gasteiger partial charge < -0.3 is 14.7 Å². The van der Waals surface area contributed by atoms with Crippen LogP contribution < -0.4 is 0 Å². The van der Waals surface area contributed by atoms with Crippen LogP contribution in [0.1, 0.15) is 20.7 Å². The molecular weight excluding hydrogens is 246 g/mol. The molecule has 0 spiro atoms. The zero-order valence-corrected chi connectivity index (χ0v) is 10.2. The summed E-state index contributed by atoms with van der Waals surface area (Å²) < 4.78 is 5.12. The number of carbonyl (C=O) groups is 2. The average Bonchev–Trinajstić information content (AvgIpc) is 2.44. The van der Waals surface area contributed by atoms with E-state index in [1.165, 1.54) is 11.0 Å². The van der Waals surface area contributed by atoms with Crippen LogP contribution in [0, 0.1) is 0 Å². The highest BCUT2D eigenvalue weighted by Gasteiger charge is 2.32. The molecule has 1 N–H and O–H groups in total. The summed E-state index contributed by atoms with van der Waals surface area (Å²) in [6.45, 7) is 0.964. The van der Waals surface area contributed by atoms with Crippen LogP contribution >= 0.6 is 0 Å². The number of carbonyl (C=O) groups excluding carboxylic acids is 2. The van der Waals surface area contributed by atoms with Crippen LogP contribution in [-0.2, 0) is 4.74 Å². The molecule has 1 aliphatic carbocycles. The number of hydrogen-bond donors (Lipinski definition) is 1. The van der Waals surface area contributed by atoms with E-state index < -0.39 is 6.23 Å². The maximum Gasteiger partial charge on any atom is 0.210 e. The Morgan fingerprint density at radius 3 is 2.68 bits per heavy atom. The fourth-order valence-electron chi connectivity index (χ4n) is 2.39. The number of benzene rings is 1. The third-order valence-corrected chi connectivity index (χ3v) is 3.35. The van der Waals surface area contributed by atoms with E-state index in [9.17, 15) is 14.7 Å². The minimum Gasteiger partial charge on any atom is -0.375 e. The predicted molar refractivity (Wildman–Crippen MR) is 66.7 cm³/mol. The van der Waals surface area contributed by atoms with Crippen molar-refractivity contribution in [2.75, 3.05) is 19.8 Å². The maximum atomic E-state index is 12.4. The monoisotopic (exact) mass is 259 g/mol. The van der Waals surface area contributed by atoms with E-state index in [0.29, 0.717) is 24.3 Å². The van der Waals surface area contributed by atoms with Gasteiger partial charge in [0.05, 0.1) is 18.9 Å². The van der Waals surface area contributed by atoms with Crippen LogP contribution in [0.4, 0.5) is 0 Å². The van der Waals surface area contributed by atoms with Crippen molar-refractivity contribution in [3.05, 3.63) is 47.2 Å². The lowest BCUT2D eigenvalue weighted by atomic mass is 9.92. The molecule has 0 bridgehead atoms. The Labute approximate surface area is 110 Å². The Bertz CT molecular complexity index is 579. The summed E-state index contributed by atoms with van der Waals surface area (Å²) in [4.78, 5) is 25.9. The van der Waals surface area contributed by atoms with Crippen molar-refractivity contribution < 1.29 is 19.4 Å². The van der Waals surface area contributed by atoms with Crippen LogP contribution in [0.25, 0.3) is 0 Å². The third-order valence-electron chi connectivity index (χ3n) is 3.35. The second-order valence-corrected chi connectivity index (χ2v) is 4.52. The van der Waals surface area contributed by atoms with Crippen molar-refractivity contribution >= 4 is 11.6 Å². The Balaban J connectivity index is 2.00. The number of fused-ring (bicyclic) bond motifs is 1. The van der Waals surface area contributed by atoms with E-state index in [1.807, 2.05) is 0 Å². The fourth-order valence-corrected chi connectivity index (χ4v) is 2.39. The van der Waals surface area contributed by atoms with Crippen molar-refractivity contribution in [3.63, 3.8) is 0 Å². The van der Waals surface area contributed by atoms with Crippen molar-refractivity contribution in [1.29, 1.82) is 0 Å². The molecule has 1 aromatic carbocycles. The Hall–Kier alpha value is -1.98. The summed E-state index contributed by atoms with van der Waals surface area (Å²) in [7, 11) is 0. The number of rotatable bonds is 1. The van der Waals surface area contributed by atoms with E-state index in [1.54, 1.807) is 24.3 Å². The fraction of sp³-hybridized carbons (Fsp3) is 0.286. The molecule has 1 atom stereocenters. The summed E-state index contributed by atoms with van der Waals surface area (Å²) in [6.07, 6.45) is 0.418. The number of nitrogens with zero attached hydrogens (tertiary/aromatic N) is 1. The predicted octanol–water partition coefficient (Wildman–Crippen LogP) is 0.600. The number of aliphatic hydroxyl groups is 1. The minimum atomic E-state index is -0.887. The van der Waals surface area contributed by atoms with Crippen molar-refractivity contribution in [2.24, 2.45) is 0 Å². The van der Waals surface area contributed by atoms with Crippen molar-refractivity contribution in [1.82, 2.24) is 4.90 Å². The van der Waals surface area contributed by atoms with E-state index in [2.05, 4.69) is 0 Å². The van der Waals surface area contributed by atoms with Crippen LogP contribution in [0.2, 0.25) is 0 Å². The molecule has 2 aliphatic rings. The van der Waals surface area contributed by atoms with Gasteiger partial charge in [-0.1, -0.05) is 24.3 Å². The van der Waals surface area contributed by atoms with Crippen LogP contribution in [-0.4, -0.2) is 47.6 Å². The van der Waals surface area contributed by atoms with E-state index in [0.717, 1.165) is 0 Å². The zero-order valence-electron chi connectivity index (χ0n) is 10.2. The summed E-state index contributed by atoms with van der Waals surface area (Å²) >= 11 is 0. The normalized spacial score (nSPS) is 23.1. The van der Waals surface area contributed by atoms with Gasteiger partial charge in [0.1, 0.15) is 0 Å². The molecule has 5 heteroatoms. The largest absolute Gasteiger partial charge is 0.375 e. The highest BCUT2D eigenvalue weighted by Crippen LogP contribution is 2.25. The Morgan fingerprint density at radius 1 is 1.21 bits per heavy atom. The second-order valence-electron chi connectivity index (χ2n) is 4.52. The standard InChI is InChI=1S/C14H13NO4/c16-12-7-11(15-5-6-19-8-13(15)17)14(18)10-4-2-1-3-9(10)12/h1-4,7,13,17H,5-6,8H2. The van der Waals surface area contributed by atoms with Gasteiger partial charge in [-0.25, -0.2) is 0 Å². The molecule has 19 heavy (non-hydrogen) atoms. The number of allylic oxidation sites excluding steroid dienone is 2. The van der Waals surface area contributed by atoms with Gasteiger partial charge in [-0.05, 0) is 0 Å². The molecule has 0 amide bonds. The van der Waals surface area contributed by atoms with Gasteiger partial charge in [-0.15, -0.1) is 0 Å². The molecular formula is C14H13NO4. The number of hydrogen-bond acceptors (Lipinski definition) is 5. The van der Waals surface area contributed by atoms with Gasteiger partial charge >= 0.3 is 0 Å². The summed E-state index contributed by atoms with van der Waals surface area (Å²) in [5.74, 6) is -0.431. The molecule has 1 saturated heterocycles. The first-order chi connectivity index (χ1) is 9.18. The quantitative estimate of drug-likeness (QED) is 0.800. The van der Waals surface area contributed by atoms with Gasteiger partial charge in [-0.3, -0.25) is 9.59 Å². The molecule has 0 radical (unpaired) electrons. The number of Topliss-reactive ketones (excluding diaryl/α,β-unsaturated/α-hetero) is 1. The van der Waals surface area contributed by atoms with E-state index >= 15 is 0 Å². The molecule has 5 nitrogen and oxygen atoms in total. The van der Waals surface area contributed by atoms with Crippen molar-refractivity contribution in [3.8, 4) is 0 Å². The smallest absolute Gasteiger partial charge is 0.210 e. The summed E-state index contributed by atoms with van der Waals surface area (Å²) in [6, 6.07) is 6.73. The molecule has 1 aromatic rings. The van der Waals surface area contributed by atoms with Gasteiger partial charge in [0.15, 0.2) is 12.0 Å². The second kappa shape index (κ2) is 4.60. The molecule has 1 fully saturated rings. The molecule has 1 aliphatic heterocycles. The van der Waals surface area contributed by atoms with Crippen molar-refractivity contribution in [2.45, 2.75) is 6.23 Å². The molecule has 1 unspecified atom stereocenters. The number of ketones is 2. The van der Waals surface area contributed by atoms with Gasteiger partial charge in [-0.2, -0.15) is 0 Å². The maximum absolute atomic E-state index is 12.4. The van der Waals surface area contributed by atoms with Crippen LogP contribution in [0.15, 0.2) is 36.0 Å². The lowest BCUT2D eigenvalue weighted by Crippen LogP contribution is -2.47. The Morgan fingerprint density at radius 2 is 1.95 bits per heavy atom. The van der Waals surface area contributed by atoms with E-state index in [-0.39, 0.29) is 23.9 Å². The molecule has 1 heterocycles. The first-order valence-electron chi connectivity index (χ1n) is 6.10. The van der Waals surface area contributed by atoms with Crippen LogP contribution in [0.3, 0.4) is 0 Å². The Kier molecular flexibility index (Phi) is 2.93. The summed E-state index contributed by atoms with van der Waals surface area (Å²) in [5, 5.41) is 9.87. The van der Waals surface area contributed by atoms with Crippen LogP contribution in [0.5, 0.6) is 0 Å². The minimum absolute atomic E-state index is 0.139. The third kappa shape index (κ3) is 1.97. The zero-order chi connectivity index (χ0) is 13.4. The SMILES string of the molecule is O=C1C=C(N2CCOCC2O)C(=O)c2ccccc21. The molecule has 0 aromatic heterocycles. The first-order valence-corrected chi connectivity index (χ1v) is 6.10. The highest BCUT2D eigenvalue weighted by atomic mass is 16.5. The molecule has 3 rings (SSSR count). The van der Waals surface area contributed by atoms with Gasteiger partial charge in [0.25, 0.3) is 0 Å². The summed E-state index contributed by atoms with van der Waals surface area (Å²) in [5.41, 5.74) is 1.06. The number of aliphatic hydroxyl groups excluding tert-OH is 1. The highest BCUT2D eigenvalue weighted by molar-refractivity contribution is 6.24. The topological polar surface area (TPSA) is 66.8 Å². The van der Waals surface area contributed by atoms with Gasteiger partial charge in [0, 0.05) is 23.7 Å². The molecule has 0 saturated carbocycles. The number of morpholine rings is 1.